The summed E-state index contributed by atoms with van der Waals surface area (Å²) in [6, 6.07) is 0. The fourth-order valence-electron chi connectivity index (χ4n) is 0.824. The average Bonchev–Trinajstić information content (AvgIpc) is 1.98. The van der Waals surface area contributed by atoms with Crippen LogP contribution in [-0.4, -0.2) is 5.78 Å². The Morgan fingerprint density at radius 1 is 1.50 bits per heavy atom. The van der Waals surface area contributed by atoms with E-state index in [1.54, 1.807) is 6.08 Å². The SMILES string of the molecule is CC1C=CC(=O)C1C. The quantitative estimate of drug-likeness (QED) is 0.460. The molecule has 1 aliphatic rings. The zero-order valence-electron chi connectivity index (χ0n) is 5.22. The van der Waals surface area contributed by atoms with Gasteiger partial charge in [0.15, 0.2) is 5.78 Å². The lowest BCUT2D eigenvalue weighted by Gasteiger charge is -2.03. The van der Waals surface area contributed by atoms with Crippen LogP contribution in [0.3, 0.4) is 0 Å². The predicted octanol–water partition coefficient (Wildman–Crippen LogP) is 1.40. The summed E-state index contributed by atoms with van der Waals surface area (Å²) in [6.45, 7) is 4.03. The first-order chi connectivity index (χ1) is 3.72. The number of allylic oxidation sites excluding steroid dienone is 2. The lowest BCUT2D eigenvalue weighted by Crippen LogP contribution is -2.07. The molecule has 1 rings (SSSR count). The van der Waals surface area contributed by atoms with Gasteiger partial charge in [0.1, 0.15) is 0 Å². The van der Waals surface area contributed by atoms with Crippen molar-refractivity contribution < 1.29 is 4.79 Å². The molecule has 2 unspecified atom stereocenters. The monoisotopic (exact) mass is 110 g/mol. The molecule has 0 N–H and O–H groups in total. The van der Waals surface area contributed by atoms with Gasteiger partial charge in [0, 0.05) is 5.92 Å². The van der Waals surface area contributed by atoms with Crippen molar-refractivity contribution in [3.05, 3.63) is 12.2 Å². The Morgan fingerprint density at radius 3 is 2.25 bits per heavy atom. The normalized spacial score (nSPS) is 36.5. The van der Waals surface area contributed by atoms with Crippen molar-refractivity contribution >= 4 is 5.78 Å². The molecule has 0 aromatic carbocycles. The van der Waals surface area contributed by atoms with Gasteiger partial charge in [0.2, 0.25) is 0 Å². The van der Waals surface area contributed by atoms with E-state index >= 15 is 0 Å². The maximum absolute atomic E-state index is 10.7. The van der Waals surface area contributed by atoms with Crippen LogP contribution in [0.4, 0.5) is 0 Å². The van der Waals surface area contributed by atoms with Crippen LogP contribution in [0, 0.1) is 11.8 Å². The van der Waals surface area contributed by atoms with Gasteiger partial charge < -0.3 is 0 Å². The fourth-order valence-corrected chi connectivity index (χ4v) is 0.824. The highest BCUT2D eigenvalue weighted by Crippen LogP contribution is 2.19. The van der Waals surface area contributed by atoms with Crippen LogP contribution < -0.4 is 0 Å². The molecule has 44 valence electrons. The van der Waals surface area contributed by atoms with E-state index in [1.165, 1.54) is 0 Å². The number of carbonyl (C=O) groups excluding carboxylic acids is 1. The van der Waals surface area contributed by atoms with Crippen LogP contribution in [-0.2, 0) is 4.79 Å². The molecule has 2 atom stereocenters. The minimum Gasteiger partial charge on any atom is -0.295 e. The lowest BCUT2D eigenvalue weighted by molar-refractivity contribution is -0.117. The number of carbonyl (C=O) groups is 1. The largest absolute Gasteiger partial charge is 0.295 e. The van der Waals surface area contributed by atoms with Crippen molar-refractivity contribution in [1.29, 1.82) is 0 Å². The molecule has 0 radical (unpaired) electrons. The number of ketones is 1. The maximum Gasteiger partial charge on any atom is 0.158 e. The van der Waals surface area contributed by atoms with Crippen molar-refractivity contribution in [3.63, 3.8) is 0 Å². The highest BCUT2D eigenvalue weighted by molar-refractivity contribution is 5.94. The summed E-state index contributed by atoms with van der Waals surface area (Å²) in [7, 11) is 0. The second kappa shape index (κ2) is 1.73. The molecule has 0 bridgehead atoms. The summed E-state index contributed by atoms with van der Waals surface area (Å²) < 4.78 is 0. The average molecular weight is 110 g/mol. The number of hydrogen-bond acceptors (Lipinski definition) is 1. The third-order valence-electron chi connectivity index (χ3n) is 1.80. The van der Waals surface area contributed by atoms with Crippen LogP contribution in [0.15, 0.2) is 12.2 Å². The van der Waals surface area contributed by atoms with Crippen molar-refractivity contribution in [2.24, 2.45) is 11.8 Å². The van der Waals surface area contributed by atoms with E-state index in [2.05, 4.69) is 6.92 Å². The van der Waals surface area contributed by atoms with E-state index in [-0.39, 0.29) is 11.7 Å². The number of hydrogen-bond donors (Lipinski definition) is 0. The van der Waals surface area contributed by atoms with Crippen molar-refractivity contribution in [1.82, 2.24) is 0 Å². The summed E-state index contributed by atoms with van der Waals surface area (Å²) in [5, 5.41) is 0. The molecule has 0 saturated heterocycles. The summed E-state index contributed by atoms with van der Waals surface area (Å²) in [5.41, 5.74) is 0. The minimum absolute atomic E-state index is 0.231. The minimum atomic E-state index is 0.231. The van der Waals surface area contributed by atoms with Gasteiger partial charge in [-0.05, 0) is 12.0 Å². The second-order valence-electron chi connectivity index (χ2n) is 2.41. The molecule has 1 heteroatoms. The zero-order chi connectivity index (χ0) is 6.15. The molecular weight excluding hydrogens is 100 g/mol. The van der Waals surface area contributed by atoms with Gasteiger partial charge in [-0.3, -0.25) is 4.79 Å². The smallest absolute Gasteiger partial charge is 0.158 e. The molecule has 0 saturated carbocycles. The van der Waals surface area contributed by atoms with Gasteiger partial charge in [-0.1, -0.05) is 19.9 Å². The van der Waals surface area contributed by atoms with Crippen molar-refractivity contribution in [2.45, 2.75) is 13.8 Å². The molecule has 0 heterocycles. The molecule has 0 aromatic heterocycles. The summed E-state index contributed by atoms with van der Waals surface area (Å²) in [6.07, 6.45) is 3.64. The van der Waals surface area contributed by atoms with Gasteiger partial charge >= 0.3 is 0 Å². The van der Waals surface area contributed by atoms with E-state index in [4.69, 9.17) is 0 Å². The van der Waals surface area contributed by atoms with Gasteiger partial charge in [-0.2, -0.15) is 0 Å². The van der Waals surface area contributed by atoms with Crippen LogP contribution >= 0.6 is 0 Å². The van der Waals surface area contributed by atoms with Gasteiger partial charge in [-0.25, -0.2) is 0 Å². The fraction of sp³-hybridized carbons (Fsp3) is 0.571. The first-order valence-corrected chi connectivity index (χ1v) is 2.94. The Kier molecular flexibility index (Phi) is 1.20. The van der Waals surface area contributed by atoms with E-state index in [0.717, 1.165) is 0 Å². The Morgan fingerprint density at radius 2 is 2.12 bits per heavy atom. The van der Waals surface area contributed by atoms with Crippen LogP contribution in [0.25, 0.3) is 0 Å². The molecule has 0 amide bonds. The molecule has 0 aliphatic heterocycles. The molecule has 8 heavy (non-hydrogen) atoms. The molecule has 0 spiro atoms. The summed E-state index contributed by atoms with van der Waals surface area (Å²) in [4.78, 5) is 10.7. The molecule has 0 fully saturated rings. The maximum atomic E-state index is 10.7. The van der Waals surface area contributed by atoms with Crippen LogP contribution in [0.1, 0.15) is 13.8 Å². The van der Waals surface area contributed by atoms with Gasteiger partial charge in [0.25, 0.3) is 0 Å². The van der Waals surface area contributed by atoms with E-state index in [1.807, 2.05) is 13.0 Å². The standard InChI is InChI=1S/C7H10O/c1-5-3-4-7(8)6(5)2/h3-6H,1-2H3. The first kappa shape index (κ1) is 5.54. The Bertz CT molecular complexity index is 135. The van der Waals surface area contributed by atoms with E-state index < -0.39 is 0 Å². The Labute approximate surface area is 49.4 Å². The molecule has 1 nitrogen and oxygen atoms in total. The van der Waals surface area contributed by atoms with Crippen molar-refractivity contribution in [3.8, 4) is 0 Å². The van der Waals surface area contributed by atoms with Gasteiger partial charge in [0.05, 0.1) is 0 Å². The summed E-state index contributed by atoms with van der Waals surface area (Å²) in [5.74, 6) is 0.968. The molecule has 1 aliphatic carbocycles. The molecule has 0 aromatic rings. The topological polar surface area (TPSA) is 17.1 Å². The Balaban J connectivity index is 2.69. The lowest BCUT2D eigenvalue weighted by atomic mass is 10.00. The molecular formula is C7H10O. The highest BCUT2D eigenvalue weighted by atomic mass is 16.1. The van der Waals surface area contributed by atoms with E-state index in [9.17, 15) is 4.79 Å². The third-order valence-corrected chi connectivity index (χ3v) is 1.80. The van der Waals surface area contributed by atoms with Gasteiger partial charge in [-0.15, -0.1) is 0 Å². The van der Waals surface area contributed by atoms with Crippen LogP contribution in [0.5, 0.6) is 0 Å². The van der Waals surface area contributed by atoms with Crippen molar-refractivity contribution in [2.75, 3.05) is 0 Å². The van der Waals surface area contributed by atoms with E-state index in [0.29, 0.717) is 5.92 Å². The van der Waals surface area contributed by atoms with Crippen LogP contribution in [0.2, 0.25) is 0 Å². The first-order valence-electron chi connectivity index (χ1n) is 2.94. The zero-order valence-corrected chi connectivity index (χ0v) is 5.22. The second-order valence-corrected chi connectivity index (χ2v) is 2.41. The third kappa shape index (κ3) is 0.683. The number of rotatable bonds is 0. The Hall–Kier alpha value is -0.590. The highest BCUT2D eigenvalue weighted by Gasteiger charge is 2.20. The predicted molar refractivity (Wildman–Crippen MR) is 32.5 cm³/mol. The summed E-state index contributed by atoms with van der Waals surface area (Å²) >= 11 is 0.